The number of aromatic nitrogens is 1. The van der Waals surface area contributed by atoms with Crippen LogP contribution < -0.4 is 0 Å². The molecule has 0 N–H and O–H groups in total. The van der Waals surface area contributed by atoms with Crippen molar-refractivity contribution in [1.82, 2.24) is 9.88 Å². The zero-order valence-corrected chi connectivity index (χ0v) is 15.8. The topological polar surface area (TPSA) is 57.9 Å². The summed E-state index contributed by atoms with van der Waals surface area (Å²) in [4.78, 5) is 27.7. The van der Waals surface area contributed by atoms with E-state index in [2.05, 4.69) is 9.98 Å². The highest BCUT2D eigenvalue weighted by atomic mass is 19.4. The van der Waals surface area contributed by atoms with Crippen molar-refractivity contribution in [3.63, 3.8) is 0 Å². The molecule has 0 bridgehead atoms. The maximum atomic E-state index is 13.0. The summed E-state index contributed by atoms with van der Waals surface area (Å²) in [6.45, 7) is 2.73. The first-order chi connectivity index (χ1) is 13.8. The third-order valence-electron chi connectivity index (χ3n) is 5.28. The number of alkyl halides is 3. The molecule has 1 fully saturated rings. The minimum atomic E-state index is -4.41. The van der Waals surface area contributed by atoms with Crippen molar-refractivity contribution in [2.75, 3.05) is 13.1 Å². The van der Waals surface area contributed by atoms with Gasteiger partial charge in [-0.2, -0.15) is 13.2 Å². The predicted molar refractivity (Wildman–Crippen MR) is 103 cm³/mol. The van der Waals surface area contributed by atoms with Crippen LogP contribution in [-0.2, 0) is 6.18 Å². The van der Waals surface area contributed by atoms with Crippen molar-refractivity contribution in [2.45, 2.75) is 31.6 Å². The Labute approximate surface area is 166 Å². The van der Waals surface area contributed by atoms with Crippen molar-refractivity contribution in [3.8, 4) is 0 Å². The van der Waals surface area contributed by atoms with E-state index in [1.54, 1.807) is 42.4 Å². The van der Waals surface area contributed by atoms with Gasteiger partial charge in [0.2, 0.25) is 0 Å². The Morgan fingerprint density at radius 3 is 2.41 bits per heavy atom. The standard InChI is InChI=1S/C21H19F3N4O/c1-14-18(16-3-2-4-17(13-16)21(22,23)24)27-20(26-14)7-11-28(12-8-20)19(29)15-5-9-25-10-6-15/h2-6,9-10,13H,7-8,11-12H2,1H3. The highest BCUT2D eigenvalue weighted by Gasteiger charge is 2.40. The molecule has 5 nitrogen and oxygen atoms in total. The van der Waals surface area contributed by atoms with Gasteiger partial charge in [-0.1, -0.05) is 12.1 Å². The molecule has 0 saturated carbocycles. The van der Waals surface area contributed by atoms with Gasteiger partial charge in [-0.05, 0) is 31.2 Å². The highest BCUT2D eigenvalue weighted by Crippen LogP contribution is 2.35. The molecule has 1 amide bonds. The highest BCUT2D eigenvalue weighted by molar-refractivity contribution is 6.48. The van der Waals surface area contributed by atoms with E-state index in [1.165, 1.54) is 6.07 Å². The molecule has 3 heterocycles. The van der Waals surface area contributed by atoms with Crippen LogP contribution in [0.4, 0.5) is 13.2 Å². The molecule has 29 heavy (non-hydrogen) atoms. The van der Waals surface area contributed by atoms with E-state index in [0.29, 0.717) is 48.5 Å². The first-order valence-electron chi connectivity index (χ1n) is 9.31. The van der Waals surface area contributed by atoms with Crippen LogP contribution in [0.2, 0.25) is 0 Å². The summed E-state index contributed by atoms with van der Waals surface area (Å²) in [5.41, 5.74) is 0.693. The summed E-state index contributed by atoms with van der Waals surface area (Å²) in [7, 11) is 0. The predicted octanol–water partition coefficient (Wildman–Crippen LogP) is 4.00. The molecular formula is C21H19F3N4O. The third-order valence-corrected chi connectivity index (χ3v) is 5.28. The monoisotopic (exact) mass is 400 g/mol. The van der Waals surface area contributed by atoms with Crippen molar-refractivity contribution in [2.24, 2.45) is 9.98 Å². The summed E-state index contributed by atoms with van der Waals surface area (Å²) >= 11 is 0. The van der Waals surface area contributed by atoms with Gasteiger partial charge in [-0.3, -0.25) is 19.8 Å². The van der Waals surface area contributed by atoms with Crippen molar-refractivity contribution < 1.29 is 18.0 Å². The molecule has 0 radical (unpaired) electrons. The quantitative estimate of drug-likeness (QED) is 0.765. The number of amides is 1. The number of piperidine rings is 1. The molecule has 2 aliphatic rings. The van der Waals surface area contributed by atoms with Gasteiger partial charge in [0.25, 0.3) is 5.91 Å². The fourth-order valence-corrected chi connectivity index (χ4v) is 3.76. The summed E-state index contributed by atoms with van der Waals surface area (Å²) in [6, 6.07) is 8.51. The number of nitrogens with zero attached hydrogens (tertiary/aromatic N) is 4. The molecule has 2 aliphatic heterocycles. The average molecular weight is 400 g/mol. The maximum absolute atomic E-state index is 13.0. The van der Waals surface area contributed by atoms with E-state index in [-0.39, 0.29) is 5.91 Å². The van der Waals surface area contributed by atoms with Gasteiger partial charge in [0, 0.05) is 49.5 Å². The second-order valence-corrected chi connectivity index (χ2v) is 7.25. The number of carbonyl (C=O) groups is 1. The second kappa shape index (κ2) is 7.09. The van der Waals surface area contributed by atoms with Crippen LogP contribution >= 0.6 is 0 Å². The minimum absolute atomic E-state index is 0.0666. The number of pyridine rings is 1. The smallest absolute Gasteiger partial charge is 0.338 e. The summed E-state index contributed by atoms with van der Waals surface area (Å²) in [5, 5.41) is 0. The zero-order valence-electron chi connectivity index (χ0n) is 15.8. The van der Waals surface area contributed by atoms with Gasteiger partial charge >= 0.3 is 6.18 Å². The minimum Gasteiger partial charge on any atom is -0.338 e. The van der Waals surface area contributed by atoms with Gasteiger partial charge in [0.1, 0.15) is 0 Å². The molecule has 150 valence electrons. The van der Waals surface area contributed by atoms with Crippen molar-refractivity contribution in [3.05, 3.63) is 65.5 Å². The van der Waals surface area contributed by atoms with E-state index < -0.39 is 17.4 Å². The Morgan fingerprint density at radius 2 is 1.76 bits per heavy atom. The first-order valence-corrected chi connectivity index (χ1v) is 9.31. The number of halogens is 3. The normalized spacial score (nSPS) is 18.6. The first kappa shape index (κ1) is 19.3. The van der Waals surface area contributed by atoms with E-state index in [0.717, 1.165) is 12.1 Å². The molecule has 8 heteroatoms. The Kier molecular flexibility index (Phi) is 4.72. The summed E-state index contributed by atoms with van der Waals surface area (Å²) in [6.07, 6.45) is -0.187. The molecule has 1 aromatic carbocycles. The van der Waals surface area contributed by atoms with E-state index in [4.69, 9.17) is 4.99 Å². The second-order valence-electron chi connectivity index (χ2n) is 7.25. The number of hydrogen-bond donors (Lipinski definition) is 0. The number of likely N-dealkylation sites (tertiary alicyclic amines) is 1. The van der Waals surface area contributed by atoms with Gasteiger partial charge in [0.15, 0.2) is 5.66 Å². The van der Waals surface area contributed by atoms with Crippen LogP contribution in [0.25, 0.3) is 0 Å². The van der Waals surface area contributed by atoms with Crippen LogP contribution in [0.1, 0.15) is 41.3 Å². The summed E-state index contributed by atoms with van der Waals surface area (Å²) < 4.78 is 39.1. The molecule has 1 spiro atoms. The molecule has 1 saturated heterocycles. The van der Waals surface area contributed by atoms with Crippen LogP contribution in [-0.4, -0.2) is 46.0 Å². The van der Waals surface area contributed by atoms with Crippen LogP contribution in [0.5, 0.6) is 0 Å². The van der Waals surface area contributed by atoms with Crippen molar-refractivity contribution >= 4 is 17.3 Å². The Balaban J connectivity index is 1.53. The number of carbonyl (C=O) groups excluding carboxylic acids is 1. The van der Waals surface area contributed by atoms with Crippen LogP contribution in [0.3, 0.4) is 0 Å². The Bertz CT molecular complexity index is 990. The fourth-order valence-electron chi connectivity index (χ4n) is 3.76. The molecule has 0 unspecified atom stereocenters. The lowest BCUT2D eigenvalue weighted by atomic mass is 9.98. The van der Waals surface area contributed by atoms with Gasteiger partial charge in [-0.15, -0.1) is 0 Å². The van der Waals surface area contributed by atoms with Gasteiger partial charge < -0.3 is 4.90 Å². The van der Waals surface area contributed by atoms with Crippen LogP contribution in [0.15, 0.2) is 58.8 Å². The largest absolute Gasteiger partial charge is 0.416 e. The third kappa shape index (κ3) is 3.79. The molecule has 2 aromatic rings. The number of benzene rings is 1. The number of hydrogen-bond acceptors (Lipinski definition) is 4. The van der Waals surface area contributed by atoms with E-state index in [1.807, 2.05) is 0 Å². The number of aliphatic imine (C=N–C) groups is 2. The van der Waals surface area contributed by atoms with Gasteiger partial charge in [-0.25, -0.2) is 0 Å². The molecule has 1 aromatic heterocycles. The lowest BCUT2D eigenvalue weighted by Gasteiger charge is -2.35. The summed E-state index contributed by atoms with van der Waals surface area (Å²) in [5.74, 6) is -0.0666. The molecule has 4 rings (SSSR count). The molecular weight excluding hydrogens is 381 g/mol. The van der Waals surface area contributed by atoms with Crippen molar-refractivity contribution in [1.29, 1.82) is 0 Å². The fraction of sp³-hybridized carbons (Fsp3) is 0.333. The van der Waals surface area contributed by atoms with E-state index >= 15 is 0 Å². The number of rotatable bonds is 2. The van der Waals surface area contributed by atoms with E-state index in [9.17, 15) is 18.0 Å². The lowest BCUT2D eigenvalue weighted by molar-refractivity contribution is -0.137. The zero-order chi connectivity index (χ0) is 20.6. The van der Waals surface area contributed by atoms with Crippen LogP contribution in [0, 0.1) is 0 Å². The Morgan fingerprint density at radius 1 is 1.07 bits per heavy atom. The Hall–Kier alpha value is -3.03. The lowest BCUT2D eigenvalue weighted by Crippen LogP contribution is -2.44. The SMILES string of the molecule is CC1=NC2(CCN(C(=O)c3ccncc3)CC2)N=C1c1cccc(C(F)(F)F)c1. The van der Waals surface area contributed by atoms with Gasteiger partial charge in [0.05, 0.1) is 17.0 Å². The maximum Gasteiger partial charge on any atom is 0.416 e. The average Bonchev–Trinajstić information content (AvgIpc) is 3.04. The molecule has 0 atom stereocenters. The molecule has 0 aliphatic carbocycles.